The third kappa shape index (κ3) is 5.48. The SMILES string of the molecule is COC(=O)C(C)CN(CC(C)O)C(=O)c1cc([N+](=O)[O-])cc([N+](=O)[O-])c1. The van der Waals surface area contributed by atoms with Crippen molar-refractivity contribution >= 4 is 23.3 Å². The molecule has 0 aliphatic rings. The maximum absolute atomic E-state index is 12.7. The van der Waals surface area contributed by atoms with Gasteiger partial charge in [0.15, 0.2) is 0 Å². The van der Waals surface area contributed by atoms with Crippen LogP contribution >= 0.6 is 0 Å². The van der Waals surface area contributed by atoms with E-state index in [0.29, 0.717) is 0 Å². The van der Waals surface area contributed by atoms with Gasteiger partial charge < -0.3 is 14.7 Å². The summed E-state index contributed by atoms with van der Waals surface area (Å²) in [6.45, 7) is 2.62. The highest BCUT2D eigenvalue weighted by atomic mass is 16.6. The molecule has 1 aromatic carbocycles. The Morgan fingerprint density at radius 3 is 2.00 bits per heavy atom. The summed E-state index contributed by atoms with van der Waals surface area (Å²) in [6, 6.07) is 2.56. The first-order chi connectivity index (χ1) is 12.1. The number of methoxy groups -OCH3 is 1. The normalized spacial score (nSPS) is 12.8. The van der Waals surface area contributed by atoms with Crippen LogP contribution in [0.2, 0.25) is 0 Å². The second-order valence-corrected chi connectivity index (χ2v) is 5.74. The van der Waals surface area contributed by atoms with Crippen LogP contribution in [0.15, 0.2) is 18.2 Å². The number of aliphatic hydroxyl groups excluding tert-OH is 1. The van der Waals surface area contributed by atoms with E-state index in [1.807, 2.05) is 0 Å². The van der Waals surface area contributed by atoms with Crippen molar-refractivity contribution in [2.24, 2.45) is 5.92 Å². The zero-order valence-electron chi connectivity index (χ0n) is 14.4. The Morgan fingerprint density at radius 2 is 1.62 bits per heavy atom. The lowest BCUT2D eigenvalue weighted by atomic mass is 10.1. The molecule has 0 heterocycles. The van der Waals surface area contributed by atoms with E-state index in [9.17, 15) is 34.9 Å². The Balaban J connectivity index is 3.26. The summed E-state index contributed by atoms with van der Waals surface area (Å²) in [5, 5.41) is 31.5. The van der Waals surface area contributed by atoms with Gasteiger partial charge in [-0.25, -0.2) is 0 Å². The van der Waals surface area contributed by atoms with Crippen LogP contribution in [-0.4, -0.2) is 58.0 Å². The largest absolute Gasteiger partial charge is 0.469 e. The highest BCUT2D eigenvalue weighted by Gasteiger charge is 2.27. The van der Waals surface area contributed by atoms with Gasteiger partial charge >= 0.3 is 5.97 Å². The average molecular weight is 369 g/mol. The highest BCUT2D eigenvalue weighted by Crippen LogP contribution is 2.24. The molecule has 0 saturated carbocycles. The number of hydrogen-bond donors (Lipinski definition) is 1. The summed E-state index contributed by atoms with van der Waals surface area (Å²) in [5.41, 5.74) is -1.51. The number of aliphatic hydroxyl groups is 1. The predicted octanol–water partition coefficient (Wildman–Crippen LogP) is 1.14. The van der Waals surface area contributed by atoms with Crippen LogP contribution in [0.3, 0.4) is 0 Å². The van der Waals surface area contributed by atoms with Gasteiger partial charge in [0.25, 0.3) is 17.3 Å². The molecule has 142 valence electrons. The fourth-order valence-electron chi connectivity index (χ4n) is 2.28. The highest BCUT2D eigenvalue weighted by molar-refractivity contribution is 5.96. The van der Waals surface area contributed by atoms with Gasteiger partial charge in [-0.15, -0.1) is 0 Å². The Kier molecular flexibility index (Phi) is 7.14. The number of benzene rings is 1. The lowest BCUT2D eigenvalue weighted by Gasteiger charge is -2.26. The van der Waals surface area contributed by atoms with Crippen molar-refractivity contribution in [2.45, 2.75) is 20.0 Å². The van der Waals surface area contributed by atoms with Crippen molar-refractivity contribution in [3.8, 4) is 0 Å². The van der Waals surface area contributed by atoms with Gasteiger partial charge in [-0.05, 0) is 6.92 Å². The van der Waals surface area contributed by atoms with Crippen LogP contribution in [0, 0.1) is 26.1 Å². The Morgan fingerprint density at radius 1 is 1.12 bits per heavy atom. The molecule has 0 aromatic heterocycles. The number of carbonyl (C=O) groups excluding carboxylic acids is 2. The molecule has 0 spiro atoms. The summed E-state index contributed by atoms with van der Waals surface area (Å²) in [6.07, 6.45) is -0.947. The summed E-state index contributed by atoms with van der Waals surface area (Å²) in [7, 11) is 1.18. The van der Waals surface area contributed by atoms with E-state index >= 15 is 0 Å². The van der Waals surface area contributed by atoms with E-state index in [1.54, 1.807) is 0 Å². The van der Waals surface area contributed by atoms with E-state index in [1.165, 1.54) is 21.0 Å². The van der Waals surface area contributed by atoms with E-state index in [-0.39, 0.29) is 18.7 Å². The van der Waals surface area contributed by atoms with Crippen molar-refractivity contribution < 1.29 is 29.3 Å². The van der Waals surface area contributed by atoms with Crippen molar-refractivity contribution in [1.29, 1.82) is 0 Å². The minimum absolute atomic E-state index is 0.132. The van der Waals surface area contributed by atoms with Crippen LogP contribution in [0.1, 0.15) is 24.2 Å². The monoisotopic (exact) mass is 369 g/mol. The number of rotatable bonds is 8. The van der Waals surface area contributed by atoms with Gasteiger partial charge in [-0.2, -0.15) is 0 Å². The predicted molar refractivity (Wildman–Crippen MR) is 88.5 cm³/mol. The third-order valence-electron chi connectivity index (χ3n) is 3.44. The summed E-state index contributed by atoms with van der Waals surface area (Å²) >= 11 is 0. The Bertz CT molecular complexity index is 687. The number of esters is 1. The second kappa shape index (κ2) is 8.85. The number of hydrogen-bond acceptors (Lipinski definition) is 8. The van der Waals surface area contributed by atoms with Crippen LogP contribution < -0.4 is 0 Å². The minimum atomic E-state index is -0.947. The number of amides is 1. The number of carbonyl (C=O) groups is 2. The van der Waals surface area contributed by atoms with Crippen LogP contribution in [0.4, 0.5) is 11.4 Å². The summed E-state index contributed by atoms with van der Waals surface area (Å²) in [4.78, 5) is 45.6. The molecule has 2 unspecified atom stereocenters. The Hall–Kier alpha value is -3.08. The maximum Gasteiger partial charge on any atom is 0.310 e. The summed E-state index contributed by atoms with van der Waals surface area (Å²) < 4.78 is 4.59. The van der Waals surface area contributed by atoms with Crippen molar-refractivity contribution in [3.05, 3.63) is 44.0 Å². The molecule has 0 aliphatic carbocycles. The summed E-state index contributed by atoms with van der Waals surface area (Å²) in [5.74, 6) is -2.09. The van der Waals surface area contributed by atoms with Gasteiger partial charge in [0.2, 0.25) is 0 Å². The van der Waals surface area contributed by atoms with Crippen molar-refractivity contribution in [2.75, 3.05) is 20.2 Å². The lowest BCUT2D eigenvalue weighted by Crippen LogP contribution is -2.41. The molecule has 1 amide bonds. The quantitative estimate of drug-likeness (QED) is 0.406. The van der Waals surface area contributed by atoms with E-state index in [2.05, 4.69) is 4.74 Å². The fourth-order valence-corrected chi connectivity index (χ4v) is 2.28. The molecule has 0 aliphatic heterocycles. The molecule has 1 N–H and O–H groups in total. The first-order valence-electron chi connectivity index (χ1n) is 7.55. The fraction of sp³-hybridized carbons (Fsp3) is 0.467. The number of non-ortho nitro benzene ring substituents is 2. The van der Waals surface area contributed by atoms with Crippen molar-refractivity contribution in [1.82, 2.24) is 4.90 Å². The molecular weight excluding hydrogens is 350 g/mol. The molecule has 11 heteroatoms. The zero-order chi connectivity index (χ0) is 20.0. The van der Waals surface area contributed by atoms with Gasteiger partial charge in [-0.1, -0.05) is 6.92 Å². The number of nitro groups is 2. The molecule has 0 saturated heterocycles. The van der Waals surface area contributed by atoms with Crippen molar-refractivity contribution in [3.63, 3.8) is 0 Å². The number of nitro benzene ring substituents is 2. The second-order valence-electron chi connectivity index (χ2n) is 5.74. The molecule has 0 fully saturated rings. The van der Waals surface area contributed by atoms with E-state index in [0.717, 1.165) is 23.1 Å². The van der Waals surface area contributed by atoms with E-state index < -0.39 is 45.1 Å². The molecule has 1 rings (SSSR count). The number of ether oxygens (including phenoxy) is 1. The zero-order valence-corrected chi connectivity index (χ0v) is 14.4. The average Bonchev–Trinajstić information content (AvgIpc) is 2.58. The van der Waals surface area contributed by atoms with Gasteiger partial charge in [0.05, 0.1) is 40.6 Å². The standard InChI is InChI=1S/C15H19N3O8/c1-9(15(21)26-3)7-16(8-10(2)19)14(20)11-4-12(17(22)23)6-13(5-11)18(24)25/h4-6,9-10,19H,7-8H2,1-3H3. The van der Waals surface area contributed by atoms with E-state index in [4.69, 9.17) is 0 Å². The van der Waals surface area contributed by atoms with Gasteiger partial charge in [0, 0.05) is 25.2 Å². The van der Waals surface area contributed by atoms with Gasteiger partial charge in [-0.3, -0.25) is 29.8 Å². The molecule has 0 bridgehead atoms. The Labute approximate surface area is 148 Å². The molecule has 26 heavy (non-hydrogen) atoms. The number of nitrogens with zero attached hydrogens (tertiary/aromatic N) is 3. The molecule has 2 atom stereocenters. The maximum atomic E-state index is 12.7. The molecule has 11 nitrogen and oxygen atoms in total. The third-order valence-corrected chi connectivity index (χ3v) is 3.44. The first kappa shape index (κ1) is 21.0. The van der Waals surface area contributed by atoms with Gasteiger partial charge in [0.1, 0.15) is 0 Å². The van der Waals surface area contributed by atoms with Crippen LogP contribution in [0.5, 0.6) is 0 Å². The van der Waals surface area contributed by atoms with Crippen LogP contribution in [0.25, 0.3) is 0 Å². The van der Waals surface area contributed by atoms with Crippen LogP contribution in [-0.2, 0) is 9.53 Å². The lowest BCUT2D eigenvalue weighted by molar-refractivity contribution is -0.394. The smallest absolute Gasteiger partial charge is 0.310 e. The molecule has 1 aromatic rings. The molecular formula is C15H19N3O8. The molecule has 0 radical (unpaired) electrons. The first-order valence-corrected chi connectivity index (χ1v) is 7.55. The minimum Gasteiger partial charge on any atom is -0.469 e. The topological polar surface area (TPSA) is 153 Å².